The van der Waals surface area contributed by atoms with Crippen molar-refractivity contribution in [2.75, 3.05) is 30.4 Å². The van der Waals surface area contributed by atoms with Gasteiger partial charge in [-0.2, -0.15) is 18.4 Å². The van der Waals surface area contributed by atoms with Crippen LogP contribution in [0.1, 0.15) is 41.6 Å². The predicted octanol–water partition coefficient (Wildman–Crippen LogP) is 4.31. The van der Waals surface area contributed by atoms with Crippen LogP contribution < -0.4 is 9.80 Å². The van der Waals surface area contributed by atoms with Crippen LogP contribution in [0.5, 0.6) is 0 Å². The van der Waals surface area contributed by atoms with Gasteiger partial charge in [-0.3, -0.25) is 0 Å². The van der Waals surface area contributed by atoms with Crippen molar-refractivity contribution in [1.29, 1.82) is 5.26 Å². The van der Waals surface area contributed by atoms with Gasteiger partial charge in [-0.1, -0.05) is 6.07 Å². The van der Waals surface area contributed by atoms with Gasteiger partial charge in [-0.05, 0) is 74.3 Å². The third-order valence-electron chi connectivity index (χ3n) is 6.69. The second kappa shape index (κ2) is 8.96. The number of pyridine rings is 1. The first-order chi connectivity index (χ1) is 16.1. The largest absolute Gasteiger partial charge is 0.419 e. The van der Waals surface area contributed by atoms with E-state index < -0.39 is 23.0 Å². The molecule has 1 saturated carbocycles. The number of carbonyl (C=O) groups is 1. The van der Waals surface area contributed by atoms with Crippen molar-refractivity contribution in [3.63, 3.8) is 0 Å². The molecule has 0 N–H and O–H groups in total. The maximum Gasteiger partial charge on any atom is 0.419 e. The van der Waals surface area contributed by atoms with E-state index in [9.17, 15) is 18.0 Å². The second-order valence-electron chi connectivity index (χ2n) is 8.89. The Balaban J connectivity index is 1.75. The van der Waals surface area contributed by atoms with E-state index in [-0.39, 0.29) is 10.8 Å². The number of hydrogen-bond acceptors (Lipinski definition) is 5. The average Bonchev–Trinajstić information content (AvgIpc) is 2.79. The first-order valence-electron chi connectivity index (χ1n) is 10.9. The summed E-state index contributed by atoms with van der Waals surface area (Å²) in [6, 6.07) is 8.33. The van der Waals surface area contributed by atoms with E-state index in [1.54, 1.807) is 11.9 Å². The van der Waals surface area contributed by atoms with Gasteiger partial charge in [0.1, 0.15) is 17.9 Å². The summed E-state index contributed by atoms with van der Waals surface area (Å²) in [4.78, 5) is 21.4. The number of nitriles is 1. The fourth-order valence-corrected chi connectivity index (χ4v) is 4.91. The fourth-order valence-electron chi connectivity index (χ4n) is 4.51. The molecule has 1 aliphatic heterocycles. The summed E-state index contributed by atoms with van der Waals surface area (Å²) in [5.41, 5.74) is 0.529. The monoisotopic (exact) mass is 487 g/mol. The molecule has 2 aliphatic rings. The minimum Gasteiger partial charge on any atom is -0.320 e. The number of fused-ring (bicyclic) bond motifs is 1. The summed E-state index contributed by atoms with van der Waals surface area (Å²) in [6.45, 7) is 1.74. The highest BCUT2D eigenvalue weighted by Gasteiger charge is 2.46. The van der Waals surface area contributed by atoms with Crippen molar-refractivity contribution >= 4 is 35.0 Å². The Morgan fingerprint density at radius 3 is 2.59 bits per heavy atom. The lowest BCUT2D eigenvalue weighted by Crippen LogP contribution is -2.60. The van der Waals surface area contributed by atoms with Gasteiger partial charge in [0.2, 0.25) is 0 Å². The van der Waals surface area contributed by atoms with Crippen molar-refractivity contribution in [3.05, 3.63) is 52.8 Å². The molecule has 34 heavy (non-hydrogen) atoms. The molecular formula is C24H24F3N5OS. The molecule has 0 radical (unpaired) electrons. The van der Waals surface area contributed by atoms with E-state index in [0.717, 1.165) is 44.0 Å². The summed E-state index contributed by atoms with van der Waals surface area (Å²) >= 11 is 5.76. The van der Waals surface area contributed by atoms with Crippen LogP contribution in [0.2, 0.25) is 0 Å². The molecule has 4 rings (SSSR count). The number of thiocarbonyl (C=S) groups is 1. The Morgan fingerprint density at radius 1 is 1.26 bits per heavy atom. The normalized spacial score (nSPS) is 17.2. The fraction of sp³-hybridized carbons (Fsp3) is 0.417. The standard InChI is InChI=1S/C24H24F3N5OS/c1-30-9-6-16-10-18(5-4-17(16)14-30)32(23(15-33)7-3-8-23)22(34)31(2)19-11-20(24(25,26)27)21(12-28)29-13-19/h4-5,10-11,13,15H,3,6-9,14H2,1-2H3. The Labute approximate surface area is 201 Å². The van der Waals surface area contributed by atoms with E-state index >= 15 is 0 Å². The lowest BCUT2D eigenvalue weighted by atomic mass is 9.76. The number of aromatic nitrogens is 1. The number of hydrogen-bond donors (Lipinski definition) is 0. The summed E-state index contributed by atoms with van der Waals surface area (Å²) in [5, 5.41) is 9.24. The number of rotatable bonds is 4. The topological polar surface area (TPSA) is 63.5 Å². The van der Waals surface area contributed by atoms with Crippen LogP contribution in [0.3, 0.4) is 0 Å². The third kappa shape index (κ3) is 4.26. The average molecular weight is 488 g/mol. The molecule has 0 atom stereocenters. The zero-order chi connectivity index (χ0) is 24.7. The molecule has 2 heterocycles. The maximum atomic E-state index is 13.5. The van der Waals surface area contributed by atoms with Gasteiger partial charge >= 0.3 is 6.18 Å². The van der Waals surface area contributed by atoms with Crippen LogP contribution >= 0.6 is 12.2 Å². The quantitative estimate of drug-likeness (QED) is 0.470. The van der Waals surface area contributed by atoms with Crippen molar-refractivity contribution in [2.45, 2.75) is 43.9 Å². The molecule has 10 heteroatoms. The lowest BCUT2D eigenvalue weighted by Gasteiger charge is -2.49. The highest BCUT2D eigenvalue weighted by molar-refractivity contribution is 7.80. The van der Waals surface area contributed by atoms with Crippen LogP contribution in [0.4, 0.5) is 24.5 Å². The Hall–Kier alpha value is -3.03. The van der Waals surface area contributed by atoms with E-state index in [1.807, 2.05) is 18.2 Å². The molecule has 0 unspecified atom stereocenters. The molecule has 6 nitrogen and oxygen atoms in total. The highest BCUT2D eigenvalue weighted by atomic mass is 32.1. The number of aldehydes is 1. The van der Waals surface area contributed by atoms with E-state index in [0.29, 0.717) is 12.8 Å². The summed E-state index contributed by atoms with van der Waals surface area (Å²) in [7, 11) is 3.60. The van der Waals surface area contributed by atoms with Gasteiger partial charge in [-0.25, -0.2) is 4.98 Å². The van der Waals surface area contributed by atoms with Crippen LogP contribution in [-0.2, 0) is 23.9 Å². The van der Waals surface area contributed by atoms with E-state index in [4.69, 9.17) is 17.5 Å². The minimum absolute atomic E-state index is 0.0845. The van der Waals surface area contributed by atoms with Crippen molar-refractivity contribution in [1.82, 2.24) is 9.88 Å². The first-order valence-corrected chi connectivity index (χ1v) is 11.3. The van der Waals surface area contributed by atoms with Crippen LogP contribution in [-0.4, -0.2) is 47.5 Å². The molecular weight excluding hydrogens is 463 g/mol. The maximum absolute atomic E-state index is 13.5. The summed E-state index contributed by atoms with van der Waals surface area (Å²) in [6.07, 6.45) is 0.261. The highest BCUT2D eigenvalue weighted by Crippen LogP contribution is 2.41. The van der Waals surface area contributed by atoms with E-state index in [1.165, 1.54) is 28.3 Å². The molecule has 0 bridgehead atoms. The zero-order valence-corrected chi connectivity index (χ0v) is 19.7. The van der Waals surface area contributed by atoms with Crippen LogP contribution in [0.25, 0.3) is 0 Å². The Kier molecular flexibility index (Phi) is 6.36. The smallest absolute Gasteiger partial charge is 0.320 e. The molecule has 0 saturated heterocycles. The molecule has 1 fully saturated rings. The summed E-state index contributed by atoms with van der Waals surface area (Å²) < 4.78 is 40.5. The number of benzene rings is 1. The molecule has 1 aliphatic carbocycles. The first kappa shape index (κ1) is 24.1. The Morgan fingerprint density at radius 2 is 2.00 bits per heavy atom. The number of nitrogens with zero attached hydrogens (tertiary/aromatic N) is 5. The number of anilines is 2. The van der Waals surface area contributed by atoms with Crippen molar-refractivity contribution in [3.8, 4) is 6.07 Å². The third-order valence-corrected chi connectivity index (χ3v) is 7.14. The SMILES string of the molecule is CN1CCc2cc(N(C(=S)N(C)c3cnc(C#N)c(C(F)(F)F)c3)C3(C=O)CCC3)ccc2C1. The molecule has 0 spiro atoms. The molecule has 1 aromatic carbocycles. The minimum atomic E-state index is -4.74. The predicted molar refractivity (Wildman–Crippen MR) is 127 cm³/mol. The molecule has 1 aromatic heterocycles. The molecule has 178 valence electrons. The number of likely N-dealkylation sites (N-methyl/N-ethyl adjacent to an activating group) is 1. The van der Waals surface area contributed by atoms with Gasteiger partial charge in [0.25, 0.3) is 0 Å². The van der Waals surface area contributed by atoms with Gasteiger partial charge in [-0.15, -0.1) is 0 Å². The van der Waals surface area contributed by atoms with Gasteiger partial charge in [0.05, 0.1) is 17.4 Å². The van der Waals surface area contributed by atoms with Gasteiger partial charge in [0, 0.05) is 25.8 Å². The van der Waals surface area contributed by atoms with Crippen LogP contribution in [0, 0.1) is 11.3 Å². The number of carbonyl (C=O) groups excluding carboxylic acids is 1. The Bertz CT molecular complexity index is 1170. The van der Waals surface area contributed by atoms with E-state index in [2.05, 4.69) is 16.9 Å². The molecule has 0 amide bonds. The number of alkyl halides is 3. The van der Waals surface area contributed by atoms with Crippen molar-refractivity contribution in [2.24, 2.45) is 0 Å². The van der Waals surface area contributed by atoms with Crippen LogP contribution in [0.15, 0.2) is 30.5 Å². The van der Waals surface area contributed by atoms with Gasteiger partial charge in [0.15, 0.2) is 10.8 Å². The zero-order valence-electron chi connectivity index (χ0n) is 18.9. The van der Waals surface area contributed by atoms with Crippen molar-refractivity contribution < 1.29 is 18.0 Å². The number of halogens is 3. The second-order valence-corrected chi connectivity index (χ2v) is 9.26. The summed E-state index contributed by atoms with van der Waals surface area (Å²) in [5.74, 6) is 0. The van der Waals surface area contributed by atoms with Gasteiger partial charge < -0.3 is 19.5 Å². The lowest BCUT2D eigenvalue weighted by molar-refractivity contribution is -0.138. The molecule has 2 aromatic rings.